The van der Waals surface area contributed by atoms with Crippen molar-refractivity contribution in [2.45, 2.75) is 70.5 Å². The fraction of sp³-hybridized carbons (Fsp3) is 0.407. The van der Waals surface area contributed by atoms with E-state index in [1.165, 1.54) is 5.56 Å². The molecule has 33 heavy (non-hydrogen) atoms. The summed E-state index contributed by atoms with van der Waals surface area (Å²) in [6.07, 6.45) is 2.70. The number of halogens is 1. The van der Waals surface area contributed by atoms with Crippen molar-refractivity contribution in [3.8, 4) is 0 Å². The zero-order valence-electron chi connectivity index (χ0n) is 20.0. The largest absolute Gasteiger partial charge is 0.325 e. The minimum Gasteiger partial charge on any atom is -0.325 e. The molecule has 1 aromatic heterocycles. The second-order valence-electron chi connectivity index (χ2n) is 10.2. The molecule has 0 aliphatic carbocycles. The Hall–Kier alpha value is -2.63. The summed E-state index contributed by atoms with van der Waals surface area (Å²) in [7, 11) is 0. The number of hydrogen-bond acceptors (Lipinski definition) is 3. The summed E-state index contributed by atoms with van der Waals surface area (Å²) in [6.45, 7) is 10.7. The highest BCUT2D eigenvalue weighted by Crippen LogP contribution is 2.40. The van der Waals surface area contributed by atoms with Gasteiger partial charge in [0, 0.05) is 28.9 Å². The molecule has 5 nitrogen and oxygen atoms in total. The van der Waals surface area contributed by atoms with Crippen LogP contribution in [0.4, 0.5) is 5.69 Å². The predicted octanol–water partition coefficient (Wildman–Crippen LogP) is 6.24. The second kappa shape index (κ2) is 9.32. The molecule has 0 saturated carbocycles. The van der Waals surface area contributed by atoms with Crippen molar-refractivity contribution >= 4 is 23.2 Å². The minimum absolute atomic E-state index is 0.0207. The smallest absolute Gasteiger partial charge is 0.241 e. The number of rotatable bonds is 5. The van der Waals surface area contributed by atoms with Gasteiger partial charge in [-0.25, -0.2) is 0 Å². The lowest BCUT2D eigenvalue weighted by Gasteiger charge is -2.21. The average Bonchev–Trinajstić information content (AvgIpc) is 3.42. The molecule has 4 rings (SSSR count). The van der Waals surface area contributed by atoms with Crippen molar-refractivity contribution < 1.29 is 4.79 Å². The van der Waals surface area contributed by atoms with Crippen LogP contribution >= 0.6 is 11.6 Å². The molecule has 3 atom stereocenters. The summed E-state index contributed by atoms with van der Waals surface area (Å²) in [4.78, 5) is 13.2. The average molecular weight is 465 g/mol. The van der Waals surface area contributed by atoms with Gasteiger partial charge < -0.3 is 5.32 Å². The number of hydrogen-bond donors (Lipinski definition) is 2. The van der Waals surface area contributed by atoms with Crippen LogP contribution in [0.5, 0.6) is 0 Å². The molecule has 0 bridgehead atoms. The molecule has 174 valence electrons. The van der Waals surface area contributed by atoms with Crippen LogP contribution in [0.1, 0.15) is 75.7 Å². The normalized spacial score (nSPS) is 20.9. The quantitative estimate of drug-likeness (QED) is 0.469. The Morgan fingerprint density at radius 1 is 1.15 bits per heavy atom. The van der Waals surface area contributed by atoms with E-state index in [0.717, 1.165) is 16.9 Å². The van der Waals surface area contributed by atoms with Crippen molar-refractivity contribution in [2.75, 3.05) is 5.32 Å². The second-order valence-corrected chi connectivity index (χ2v) is 10.7. The van der Waals surface area contributed by atoms with Crippen molar-refractivity contribution in [1.82, 2.24) is 15.1 Å². The lowest BCUT2D eigenvalue weighted by Crippen LogP contribution is -2.36. The van der Waals surface area contributed by atoms with E-state index in [-0.39, 0.29) is 29.4 Å². The lowest BCUT2D eigenvalue weighted by molar-refractivity contribution is -0.117. The van der Waals surface area contributed by atoms with Gasteiger partial charge in [-0.15, -0.1) is 0 Å². The van der Waals surface area contributed by atoms with Gasteiger partial charge in [-0.05, 0) is 74.6 Å². The highest BCUT2D eigenvalue weighted by Gasteiger charge is 2.40. The van der Waals surface area contributed by atoms with Gasteiger partial charge in [-0.2, -0.15) is 5.10 Å². The van der Waals surface area contributed by atoms with Crippen LogP contribution in [-0.4, -0.2) is 21.7 Å². The van der Waals surface area contributed by atoms with E-state index >= 15 is 0 Å². The molecule has 2 N–H and O–H groups in total. The number of amides is 1. The van der Waals surface area contributed by atoms with Gasteiger partial charge in [0.1, 0.15) is 0 Å². The zero-order chi connectivity index (χ0) is 23.8. The van der Waals surface area contributed by atoms with Gasteiger partial charge in [0.25, 0.3) is 0 Å². The third-order valence-corrected chi connectivity index (χ3v) is 6.57. The first kappa shape index (κ1) is 23.5. The number of carbonyl (C=O) groups excluding carboxylic acids is 1. The minimum atomic E-state index is -0.321. The van der Waals surface area contributed by atoms with E-state index in [4.69, 9.17) is 16.7 Å². The van der Waals surface area contributed by atoms with E-state index < -0.39 is 0 Å². The third-order valence-electron chi connectivity index (χ3n) is 6.32. The molecule has 2 aromatic carbocycles. The molecule has 2 heterocycles. The van der Waals surface area contributed by atoms with Crippen LogP contribution in [-0.2, 0) is 10.3 Å². The predicted molar refractivity (Wildman–Crippen MR) is 135 cm³/mol. The van der Waals surface area contributed by atoms with Gasteiger partial charge in [0.2, 0.25) is 5.91 Å². The Morgan fingerprint density at radius 2 is 1.88 bits per heavy atom. The summed E-state index contributed by atoms with van der Waals surface area (Å²) >= 11 is 6.13. The molecule has 1 aliphatic rings. The van der Waals surface area contributed by atoms with E-state index in [0.29, 0.717) is 17.4 Å². The molecule has 3 aromatic rings. The highest BCUT2D eigenvalue weighted by molar-refractivity contribution is 6.30. The van der Waals surface area contributed by atoms with Crippen molar-refractivity contribution in [2.24, 2.45) is 0 Å². The molecule has 0 unspecified atom stereocenters. The standard InChI is InChI=1S/C27H33ClN4O/c1-17(2)19-7-6-8-21(15-19)29-26(33)24-16-22(23-13-14-32(31-23)27(3,4)5)25(30-24)18-9-11-20(28)12-10-18/h6-15,17,22,24-25,30H,16H2,1-5H3,(H,29,33)/t22-,24-,25-/m0/s1. The Bertz CT molecular complexity index is 1110. The molecule has 1 aliphatic heterocycles. The summed E-state index contributed by atoms with van der Waals surface area (Å²) in [6, 6.07) is 17.7. The summed E-state index contributed by atoms with van der Waals surface area (Å²) in [5.41, 5.74) is 4.03. The number of carbonyl (C=O) groups is 1. The van der Waals surface area contributed by atoms with Crippen molar-refractivity contribution in [3.05, 3.63) is 82.6 Å². The summed E-state index contributed by atoms with van der Waals surface area (Å²) < 4.78 is 1.99. The Morgan fingerprint density at radius 3 is 2.52 bits per heavy atom. The molecular weight excluding hydrogens is 432 g/mol. The van der Waals surface area contributed by atoms with Crippen LogP contribution in [0.15, 0.2) is 60.8 Å². The molecule has 1 saturated heterocycles. The number of benzene rings is 2. The third kappa shape index (κ3) is 5.31. The van der Waals surface area contributed by atoms with Gasteiger partial charge >= 0.3 is 0 Å². The fourth-order valence-electron chi connectivity index (χ4n) is 4.38. The number of anilines is 1. The van der Waals surface area contributed by atoms with Crippen molar-refractivity contribution in [3.63, 3.8) is 0 Å². The first-order chi connectivity index (χ1) is 15.6. The monoisotopic (exact) mass is 464 g/mol. The fourth-order valence-corrected chi connectivity index (χ4v) is 4.50. The van der Waals surface area contributed by atoms with Crippen LogP contribution < -0.4 is 10.6 Å². The van der Waals surface area contributed by atoms with Crippen LogP contribution in [0.25, 0.3) is 0 Å². The highest BCUT2D eigenvalue weighted by atomic mass is 35.5. The van der Waals surface area contributed by atoms with E-state index in [9.17, 15) is 4.79 Å². The molecule has 1 amide bonds. The van der Waals surface area contributed by atoms with E-state index in [1.807, 2.05) is 47.3 Å². The Kier molecular flexibility index (Phi) is 6.64. The Balaban J connectivity index is 1.59. The van der Waals surface area contributed by atoms with E-state index in [2.05, 4.69) is 63.5 Å². The van der Waals surface area contributed by atoms with Gasteiger partial charge in [0.05, 0.1) is 17.3 Å². The number of aromatic nitrogens is 2. The molecule has 1 fully saturated rings. The molecule has 0 spiro atoms. The molecule has 0 radical (unpaired) electrons. The zero-order valence-corrected chi connectivity index (χ0v) is 20.7. The molecular formula is C27H33ClN4O. The van der Waals surface area contributed by atoms with Crippen molar-refractivity contribution in [1.29, 1.82) is 0 Å². The SMILES string of the molecule is CC(C)c1cccc(NC(=O)[C@@H]2C[C@@H](c3ccn(C(C)(C)C)n3)[C@H](c3ccc(Cl)cc3)N2)c1. The topological polar surface area (TPSA) is 59.0 Å². The summed E-state index contributed by atoms with van der Waals surface area (Å²) in [5, 5.41) is 12.3. The maximum absolute atomic E-state index is 13.2. The first-order valence-electron chi connectivity index (χ1n) is 11.6. The van der Waals surface area contributed by atoms with Crippen LogP contribution in [0.2, 0.25) is 5.02 Å². The number of nitrogens with zero attached hydrogens (tertiary/aromatic N) is 2. The maximum Gasteiger partial charge on any atom is 0.241 e. The van der Waals surface area contributed by atoms with Crippen LogP contribution in [0.3, 0.4) is 0 Å². The van der Waals surface area contributed by atoms with Gasteiger partial charge in [-0.3, -0.25) is 14.8 Å². The van der Waals surface area contributed by atoms with Crippen LogP contribution in [0, 0.1) is 0 Å². The first-order valence-corrected chi connectivity index (χ1v) is 12.0. The van der Waals surface area contributed by atoms with Gasteiger partial charge in [-0.1, -0.05) is 49.7 Å². The summed E-state index contributed by atoms with van der Waals surface area (Å²) in [5.74, 6) is 0.461. The molecule has 6 heteroatoms. The van der Waals surface area contributed by atoms with Gasteiger partial charge in [0.15, 0.2) is 0 Å². The maximum atomic E-state index is 13.2. The Labute approximate surface area is 201 Å². The lowest BCUT2D eigenvalue weighted by atomic mass is 9.90. The van der Waals surface area contributed by atoms with E-state index in [1.54, 1.807) is 0 Å². The number of nitrogens with one attached hydrogen (secondary N) is 2.